The minimum Gasteiger partial charge on any atom is -0.466 e. The van der Waals surface area contributed by atoms with E-state index in [4.69, 9.17) is 9.47 Å². The summed E-state index contributed by atoms with van der Waals surface area (Å²) in [6, 6.07) is 5.03. The largest absolute Gasteiger partial charge is 0.466 e. The smallest absolute Gasteiger partial charge is 0.341 e. The average Bonchev–Trinajstić information content (AvgIpc) is 2.99. The highest BCUT2D eigenvalue weighted by Crippen LogP contribution is 2.34. The quantitative estimate of drug-likeness (QED) is 0.249. The first-order valence-corrected chi connectivity index (χ1v) is 13.2. The number of carbonyl (C=O) groups is 3. The second-order valence-electron chi connectivity index (χ2n) is 9.77. The maximum absolute atomic E-state index is 14.1. The first kappa shape index (κ1) is 30.0. The predicted octanol–water partition coefficient (Wildman–Crippen LogP) is 3.28. The molecule has 0 spiro atoms. The minimum atomic E-state index is -1.69. The molecule has 0 aliphatic carbocycles. The topological polar surface area (TPSA) is 104 Å². The number of halogens is 3. The van der Waals surface area contributed by atoms with Gasteiger partial charge in [-0.25, -0.2) is 32.8 Å². The number of pyridine rings is 1. The van der Waals surface area contributed by atoms with Crippen molar-refractivity contribution in [3.63, 3.8) is 0 Å². The second kappa shape index (κ2) is 13.6. The third kappa shape index (κ3) is 6.68. The van der Waals surface area contributed by atoms with Gasteiger partial charge in [-0.05, 0) is 68.7 Å². The second-order valence-corrected chi connectivity index (χ2v) is 9.77. The Labute approximate surface area is 235 Å². The molecule has 0 bridgehead atoms. The number of carbonyl (C=O) groups excluding carboxylic acids is 3. The molecular formula is C28H32F3N5O5. The Morgan fingerprint density at radius 2 is 1.88 bits per heavy atom. The van der Waals surface area contributed by atoms with Gasteiger partial charge in [0.05, 0.1) is 31.0 Å². The summed E-state index contributed by atoms with van der Waals surface area (Å²) < 4.78 is 51.8. The lowest BCUT2D eigenvalue weighted by Crippen LogP contribution is -2.56. The van der Waals surface area contributed by atoms with E-state index in [2.05, 4.69) is 15.2 Å². The molecule has 1 atom stereocenters. The molecule has 2 aliphatic heterocycles. The van der Waals surface area contributed by atoms with Crippen molar-refractivity contribution in [2.45, 2.75) is 31.2 Å². The molecule has 3 heterocycles. The highest BCUT2D eigenvalue weighted by atomic mass is 19.2. The van der Waals surface area contributed by atoms with Crippen molar-refractivity contribution in [2.75, 3.05) is 47.0 Å². The van der Waals surface area contributed by atoms with E-state index in [0.717, 1.165) is 48.8 Å². The Bertz CT molecular complexity index is 1260. The molecule has 1 aromatic carbocycles. The van der Waals surface area contributed by atoms with Crippen LogP contribution in [0, 0.1) is 17.5 Å². The van der Waals surface area contributed by atoms with Gasteiger partial charge in [-0.2, -0.15) is 0 Å². The number of methoxy groups -OCH3 is 2. The van der Waals surface area contributed by atoms with E-state index in [1.165, 1.54) is 7.11 Å². The lowest BCUT2D eigenvalue weighted by molar-refractivity contribution is -0.138. The molecule has 13 heteroatoms. The molecule has 1 aromatic heterocycles. The summed E-state index contributed by atoms with van der Waals surface area (Å²) in [7, 11) is 2.41. The molecule has 0 saturated carbocycles. The maximum Gasteiger partial charge on any atom is 0.341 e. The number of piperidine rings is 1. The summed E-state index contributed by atoms with van der Waals surface area (Å²) in [4.78, 5) is 45.1. The van der Waals surface area contributed by atoms with Crippen molar-refractivity contribution in [2.24, 2.45) is 0 Å². The molecule has 1 unspecified atom stereocenters. The van der Waals surface area contributed by atoms with E-state index >= 15 is 0 Å². The number of nitrogens with one attached hydrogen (secondary N) is 1. The Kier molecular flexibility index (Phi) is 9.95. The summed E-state index contributed by atoms with van der Waals surface area (Å²) in [6.45, 7) is 2.20. The number of esters is 1. The molecule has 1 fully saturated rings. The zero-order valence-electron chi connectivity index (χ0n) is 22.8. The Morgan fingerprint density at radius 3 is 2.46 bits per heavy atom. The third-order valence-electron chi connectivity index (χ3n) is 7.28. The van der Waals surface area contributed by atoms with Crippen LogP contribution in [0.15, 0.2) is 47.8 Å². The van der Waals surface area contributed by atoms with Gasteiger partial charge in [0.1, 0.15) is 0 Å². The lowest BCUT2D eigenvalue weighted by Gasteiger charge is -2.40. The number of amides is 3. The molecule has 1 saturated heterocycles. The highest BCUT2D eigenvalue weighted by Gasteiger charge is 2.41. The van der Waals surface area contributed by atoms with Gasteiger partial charge in [-0.3, -0.25) is 9.78 Å². The standard InChI is InChI=1S/C28H32F3N5O5/c1-40-16-23-24(27(38)41-2)26(19-14-20(29)25(31)21(30)15-19)33-28(39)36(23)35(17-37)11-5-10-34-12-7-18(8-13-34)22-6-3-4-9-32-22/h3-4,6,9,14-15,17-18,26H,5,7-8,10-13,16H2,1-2H3,(H,33,39). The molecule has 0 radical (unpaired) electrons. The number of nitrogens with zero attached hydrogens (tertiary/aromatic N) is 4. The van der Waals surface area contributed by atoms with Gasteiger partial charge in [-0.15, -0.1) is 0 Å². The monoisotopic (exact) mass is 575 g/mol. The number of hydrogen-bond acceptors (Lipinski definition) is 7. The molecule has 41 heavy (non-hydrogen) atoms. The number of benzene rings is 1. The van der Waals surface area contributed by atoms with E-state index in [1.807, 2.05) is 18.2 Å². The highest BCUT2D eigenvalue weighted by molar-refractivity contribution is 5.95. The molecule has 2 aromatic rings. The van der Waals surface area contributed by atoms with Gasteiger partial charge in [0.2, 0.25) is 6.41 Å². The Hall–Kier alpha value is -3.97. The van der Waals surface area contributed by atoms with Crippen LogP contribution in [0.25, 0.3) is 0 Å². The van der Waals surface area contributed by atoms with Crippen LogP contribution in [0.2, 0.25) is 0 Å². The van der Waals surface area contributed by atoms with Crippen LogP contribution in [0.3, 0.4) is 0 Å². The van der Waals surface area contributed by atoms with Gasteiger partial charge in [0.15, 0.2) is 17.5 Å². The van der Waals surface area contributed by atoms with E-state index < -0.39 is 35.5 Å². The SMILES string of the molecule is COCC1=C(C(=O)OC)C(c2cc(F)c(F)c(F)c2)NC(=O)N1N(C=O)CCCN1CCC(c2ccccn2)CC1. The Morgan fingerprint density at radius 1 is 1.17 bits per heavy atom. The van der Waals surface area contributed by atoms with Gasteiger partial charge in [0, 0.05) is 31.5 Å². The first-order valence-electron chi connectivity index (χ1n) is 13.2. The molecule has 220 valence electrons. The fraction of sp³-hybridized carbons (Fsp3) is 0.429. The molecule has 4 rings (SSSR count). The van der Waals surface area contributed by atoms with Crippen LogP contribution < -0.4 is 5.32 Å². The van der Waals surface area contributed by atoms with Crippen LogP contribution in [0.5, 0.6) is 0 Å². The van der Waals surface area contributed by atoms with Gasteiger partial charge in [-0.1, -0.05) is 6.07 Å². The first-order chi connectivity index (χ1) is 19.8. The summed E-state index contributed by atoms with van der Waals surface area (Å²) in [5.41, 5.74) is 0.582. The van der Waals surface area contributed by atoms with Gasteiger partial charge in [0.25, 0.3) is 0 Å². The maximum atomic E-state index is 14.1. The molecule has 1 N–H and O–H groups in total. The van der Waals surface area contributed by atoms with Crippen LogP contribution in [0.1, 0.15) is 42.5 Å². The van der Waals surface area contributed by atoms with Crippen molar-refractivity contribution in [3.05, 3.63) is 76.5 Å². The van der Waals surface area contributed by atoms with Gasteiger partial charge < -0.3 is 19.7 Å². The van der Waals surface area contributed by atoms with Gasteiger partial charge >= 0.3 is 12.0 Å². The van der Waals surface area contributed by atoms with Crippen molar-refractivity contribution < 1.29 is 37.0 Å². The zero-order valence-corrected chi connectivity index (χ0v) is 22.8. The molecular weight excluding hydrogens is 543 g/mol. The normalized spacial score (nSPS) is 18.3. The molecule has 3 amide bonds. The summed E-state index contributed by atoms with van der Waals surface area (Å²) in [5.74, 6) is -5.21. The van der Waals surface area contributed by atoms with E-state index in [0.29, 0.717) is 37.4 Å². The summed E-state index contributed by atoms with van der Waals surface area (Å²) in [5, 5.41) is 4.55. The molecule has 2 aliphatic rings. The van der Waals surface area contributed by atoms with Crippen molar-refractivity contribution >= 4 is 18.4 Å². The van der Waals surface area contributed by atoms with Crippen LogP contribution in [0.4, 0.5) is 18.0 Å². The number of hydrazine groups is 1. The number of aromatic nitrogens is 1. The van der Waals surface area contributed by atoms with Crippen molar-refractivity contribution in [3.8, 4) is 0 Å². The van der Waals surface area contributed by atoms with Crippen LogP contribution >= 0.6 is 0 Å². The minimum absolute atomic E-state index is 0.0542. The van der Waals surface area contributed by atoms with Crippen molar-refractivity contribution in [1.29, 1.82) is 0 Å². The summed E-state index contributed by atoms with van der Waals surface area (Å²) in [6.07, 6.45) is 4.68. The fourth-order valence-corrected chi connectivity index (χ4v) is 5.27. The number of hydrogen-bond donors (Lipinski definition) is 1. The average molecular weight is 576 g/mol. The van der Waals surface area contributed by atoms with Crippen LogP contribution in [-0.4, -0.2) is 85.3 Å². The summed E-state index contributed by atoms with van der Waals surface area (Å²) >= 11 is 0. The fourth-order valence-electron chi connectivity index (χ4n) is 5.27. The van der Waals surface area contributed by atoms with E-state index in [9.17, 15) is 27.6 Å². The number of likely N-dealkylation sites (tertiary alicyclic amines) is 1. The van der Waals surface area contributed by atoms with Crippen molar-refractivity contribution in [1.82, 2.24) is 25.2 Å². The number of ether oxygens (including phenoxy) is 2. The Balaban J connectivity index is 1.51. The van der Waals surface area contributed by atoms with E-state index in [1.54, 1.807) is 6.20 Å². The lowest BCUT2D eigenvalue weighted by atomic mass is 9.93. The van der Waals surface area contributed by atoms with E-state index in [-0.39, 0.29) is 30.0 Å². The number of urea groups is 1. The number of rotatable bonds is 11. The third-order valence-corrected chi connectivity index (χ3v) is 7.28. The molecule has 10 nitrogen and oxygen atoms in total. The predicted molar refractivity (Wildman–Crippen MR) is 140 cm³/mol. The van der Waals surface area contributed by atoms with Crippen LogP contribution in [-0.2, 0) is 19.1 Å². The zero-order chi connectivity index (χ0) is 29.5.